The average molecular weight is 533 g/mol. The van der Waals surface area contributed by atoms with Gasteiger partial charge in [0.15, 0.2) is 6.61 Å². The van der Waals surface area contributed by atoms with Crippen LogP contribution in [0.5, 0.6) is 0 Å². The summed E-state index contributed by atoms with van der Waals surface area (Å²) >= 11 is 0. The van der Waals surface area contributed by atoms with E-state index in [1.54, 1.807) is 27.7 Å². The number of carbonyl (C=O) groups is 5. The highest BCUT2D eigenvalue weighted by Crippen LogP contribution is 2.21. The minimum Gasteiger partial charge on any atom is -0.454 e. The van der Waals surface area contributed by atoms with Gasteiger partial charge in [0.1, 0.15) is 11.6 Å². The maximum Gasteiger partial charge on any atom is 0.407 e. The third-order valence-corrected chi connectivity index (χ3v) is 5.84. The molecule has 3 unspecified atom stereocenters. The van der Waals surface area contributed by atoms with Gasteiger partial charge in [-0.2, -0.15) is 0 Å². The number of ether oxygens (including phenoxy) is 2. The van der Waals surface area contributed by atoms with E-state index < -0.39 is 48.3 Å². The standard InChI is InChI=1S/C27H40N4O7/c1-18(14-22(32)28-5)29-23(33)17-37-25(35)21-12-9-13-31(21)24(34)16-20(15-19-10-7-6-8-11-19)30-26(36)38-27(2,3)4/h6-8,10-11,18,20-21H,9,12-17H2,1-5H3,(H,28,32)(H,29,33)(H,30,36). The largest absolute Gasteiger partial charge is 0.454 e. The van der Waals surface area contributed by atoms with Crippen LogP contribution in [0.1, 0.15) is 58.9 Å². The van der Waals surface area contributed by atoms with E-state index in [1.807, 2.05) is 30.3 Å². The third kappa shape index (κ3) is 10.8. The molecule has 1 fully saturated rings. The van der Waals surface area contributed by atoms with Crippen LogP contribution in [0.3, 0.4) is 0 Å². The highest BCUT2D eigenvalue weighted by Gasteiger charge is 2.36. The molecule has 38 heavy (non-hydrogen) atoms. The van der Waals surface area contributed by atoms with Gasteiger partial charge in [-0.3, -0.25) is 14.4 Å². The molecule has 11 nitrogen and oxygen atoms in total. The molecular formula is C27H40N4O7. The van der Waals surface area contributed by atoms with Gasteiger partial charge in [0.05, 0.1) is 0 Å². The first-order valence-electron chi connectivity index (χ1n) is 12.9. The predicted octanol–water partition coefficient (Wildman–Crippen LogP) is 1.69. The molecule has 0 aromatic heterocycles. The van der Waals surface area contributed by atoms with Crippen LogP contribution < -0.4 is 16.0 Å². The Morgan fingerprint density at radius 3 is 2.34 bits per heavy atom. The van der Waals surface area contributed by atoms with Gasteiger partial charge in [-0.25, -0.2) is 9.59 Å². The van der Waals surface area contributed by atoms with Crippen molar-refractivity contribution >= 4 is 29.8 Å². The molecule has 0 aliphatic carbocycles. The van der Waals surface area contributed by atoms with Crippen LogP contribution in [-0.4, -0.2) is 78.6 Å². The van der Waals surface area contributed by atoms with E-state index in [9.17, 15) is 24.0 Å². The van der Waals surface area contributed by atoms with Gasteiger partial charge < -0.3 is 30.3 Å². The number of carbonyl (C=O) groups excluding carboxylic acids is 5. The highest BCUT2D eigenvalue weighted by molar-refractivity contribution is 5.87. The van der Waals surface area contributed by atoms with Gasteiger partial charge in [0.25, 0.3) is 5.91 Å². The Kier molecular flexibility index (Phi) is 11.5. The fourth-order valence-electron chi connectivity index (χ4n) is 4.17. The number of likely N-dealkylation sites (tertiary alicyclic amines) is 1. The summed E-state index contributed by atoms with van der Waals surface area (Å²) < 4.78 is 10.6. The number of rotatable bonds is 11. The van der Waals surface area contributed by atoms with Crippen molar-refractivity contribution in [2.45, 2.75) is 83.5 Å². The number of esters is 1. The van der Waals surface area contributed by atoms with Gasteiger partial charge in [-0.15, -0.1) is 0 Å². The van der Waals surface area contributed by atoms with Crippen molar-refractivity contribution in [3.05, 3.63) is 35.9 Å². The van der Waals surface area contributed by atoms with E-state index in [2.05, 4.69) is 16.0 Å². The van der Waals surface area contributed by atoms with Crippen LogP contribution in [0.4, 0.5) is 4.79 Å². The first-order chi connectivity index (χ1) is 17.9. The Bertz CT molecular complexity index is 977. The number of nitrogens with one attached hydrogen (secondary N) is 3. The quantitative estimate of drug-likeness (QED) is 0.368. The van der Waals surface area contributed by atoms with Crippen molar-refractivity contribution in [1.29, 1.82) is 0 Å². The van der Waals surface area contributed by atoms with E-state index in [0.29, 0.717) is 25.8 Å². The first-order valence-corrected chi connectivity index (χ1v) is 12.9. The summed E-state index contributed by atoms with van der Waals surface area (Å²) in [6, 6.07) is 7.67. The molecule has 1 aliphatic heterocycles. The fraction of sp³-hybridized carbons (Fsp3) is 0.593. The van der Waals surface area contributed by atoms with Crippen LogP contribution in [0.2, 0.25) is 0 Å². The summed E-state index contributed by atoms with van der Waals surface area (Å²) in [5.41, 5.74) is 0.247. The Labute approximate surface area is 224 Å². The monoisotopic (exact) mass is 532 g/mol. The summed E-state index contributed by atoms with van der Waals surface area (Å²) in [6.07, 6.45) is 0.882. The summed E-state index contributed by atoms with van der Waals surface area (Å²) in [5.74, 6) is -1.72. The van der Waals surface area contributed by atoms with Crippen molar-refractivity contribution in [1.82, 2.24) is 20.9 Å². The van der Waals surface area contributed by atoms with E-state index in [0.717, 1.165) is 5.56 Å². The highest BCUT2D eigenvalue weighted by atomic mass is 16.6. The molecule has 2 rings (SSSR count). The molecule has 3 N–H and O–H groups in total. The van der Waals surface area contributed by atoms with Crippen LogP contribution in [0.25, 0.3) is 0 Å². The van der Waals surface area contributed by atoms with Crippen LogP contribution in [0.15, 0.2) is 30.3 Å². The molecule has 210 valence electrons. The maximum absolute atomic E-state index is 13.3. The molecule has 1 aliphatic rings. The zero-order chi connectivity index (χ0) is 28.3. The lowest BCUT2D eigenvalue weighted by Gasteiger charge is -2.27. The van der Waals surface area contributed by atoms with Gasteiger partial charge >= 0.3 is 12.1 Å². The number of amides is 4. The van der Waals surface area contributed by atoms with Gasteiger partial charge in [0, 0.05) is 38.5 Å². The SMILES string of the molecule is CNC(=O)CC(C)NC(=O)COC(=O)C1CCCN1C(=O)CC(Cc1ccccc1)NC(=O)OC(C)(C)C. The molecular weight excluding hydrogens is 492 g/mol. The van der Waals surface area contributed by atoms with E-state index in [1.165, 1.54) is 11.9 Å². The molecule has 0 bridgehead atoms. The lowest BCUT2D eigenvalue weighted by molar-refractivity contribution is -0.156. The molecule has 4 amide bonds. The summed E-state index contributed by atoms with van der Waals surface area (Å²) in [6.45, 7) is 6.81. The predicted molar refractivity (Wildman–Crippen MR) is 140 cm³/mol. The van der Waals surface area contributed by atoms with Gasteiger partial charge in [-0.05, 0) is 52.5 Å². The van der Waals surface area contributed by atoms with Crippen LogP contribution >= 0.6 is 0 Å². The summed E-state index contributed by atoms with van der Waals surface area (Å²) in [5, 5.41) is 7.86. The second-order valence-electron chi connectivity index (χ2n) is 10.4. The second kappa shape index (κ2) is 14.3. The smallest absolute Gasteiger partial charge is 0.407 e. The zero-order valence-corrected chi connectivity index (χ0v) is 22.9. The summed E-state index contributed by atoms with van der Waals surface area (Å²) in [4.78, 5) is 63.4. The molecule has 1 saturated heterocycles. The molecule has 0 radical (unpaired) electrons. The van der Waals surface area contributed by atoms with Crippen LogP contribution in [0, 0.1) is 0 Å². The molecule has 3 atom stereocenters. The molecule has 0 saturated carbocycles. The van der Waals surface area contributed by atoms with Crippen LogP contribution in [-0.2, 0) is 35.1 Å². The second-order valence-corrected chi connectivity index (χ2v) is 10.4. The number of nitrogens with zero attached hydrogens (tertiary/aromatic N) is 1. The number of benzene rings is 1. The number of hydrogen-bond donors (Lipinski definition) is 3. The van der Waals surface area contributed by atoms with Gasteiger partial charge in [0.2, 0.25) is 11.8 Å². The average Bonchev–Trinajstić information content (AvgIpc) is 3.32. The minimum absolute atomic E-state index is 0.0323. The normalized spacial score (nSPS) is 16.7. The molecule has 11 heteroatoms. The first kappa shape index (κ1) is 30.6. The topological polar surface area (TPSA) is 143 Å². The number of alkyl carbamates (subject to hydrolysis) is 1. The zero-order valence-electron chi connectivity index (χ0n) is 22.9. The molecule has 1 aromatic carbocycles. The van der Waals surface area contributed by atoms with Crippen molar-refractivity contribution in [3.63, 3.8) is 0 Å². The molecule has 1 heterocycles. The minimum atomic E-state index is -0.808. The van der Waals surface area contributed by atoms with E-state index >= 15 is 0 Å². The Balaban J connectivity index is 1.97. The Morgan fingerprint density at radius 1 is 1.03 bits per heavy atom. The Morgan fingerprint density at radius 2 is 1.71 bits per heavy atom. The van der Waals surface area contributed by atoms with Gasteiger partial charge in [-0.1, -0.05) is 30.3 Å². The third-order valence-electron chi connectivity index (χ3n) is 5.84. The lowest BCUT2D eigenvalue weighted by Crippen LogP contribution is -2.47. The lowest BCUT2D eigenvalue weighted by atomic mass is 10.0. The fourth-order valence-corrected chi connectivity index (χ4v) is 4.17. The van der Waals surface area contributed by atoms with E-state index in [4.69, 9.17) is 9.47 Å². The van der Waals surface area contributed by atoms with E-state index in [-0.39, 0.29) is 24.7 Å². The van der Waals surface area contributed by atoms with Crippen molar-refractivity contribution in [2.24, 2.45) is 0 Å². The molecule has 1 aromatic rings. The summed E-state index contributed by atoms with van der Waals surface area (Å²) in [7, 11) is 1.50. The Hall–Kier alpha value is -3.63. The maximum atomic E-state index is 13.3. The number of hydrogen-bond acceptors (Lipinski definition) is 7. The van der Waals surface area contributed by atoms with Crippen molar-refractivity contribution in [3.8, 4) is 0 Å². The van der Waals surface area contributed by atoms with Crippen molar-refractivity contribution in [2.75, 3.05) is 20.2 Å². The van der Waals surface area contributed by atoms with Crippen molar-refractivity contribution < 1.29 is 33.4 Å². The molecule has 0 spiro atoms.